The van der Waals surface area contributed by atoms with E-state index in [0.717, 1.165) is 71.2 Å². The Morgan fingerprint density at radius 1 is 1.02 bits per heavy atom. The standard InChI is InChI=1S/C36H46FN3O4/c1-21(2)13-32(40-20-26(11-12-39(6)7)22(3)16-33(40)41)36(44)38-31(19-34(42)43)27-17-25-9-8-10-29(25)30(18-27)35-23(4)14-28(37)15-24(35)5/h14-18,20-21,31-32H,8-13,19H2,1-7H3,(H,38,44)(H,42,43). The number of nitrogens with zero attached hydrogens (tertiary/aromatic N) is 2. The highest BCUT2D eigenvalue weighted by Crippen LogP contribution is 2.39. The molecule has 0 spiro atoms. The van der Waals surface area contributed by atoms with Crippen LogP contribution in [0.5, 0.6) is 0 Å². The molecule has 2 aromatic carbocycles. The van der Waals surface area contributed by atoms with Crippen molar-refractivity contribution in [1.82, 2.24) is 14.8 Å². The molecule has 2 unspecified atom stereocenters. The molecule has 0 saturated carbocycles. The van der Waals surface area contributed by atoms with E-state index in [1.54, 1.807) is 12.3 Å². The van der Waals surface area contributed by atoms with Gasteiger partial charge >= 0.3 is 5.97 Å². The topological polar surface area (TPSA) is 91.6 Å². The average Bonchev–Trinajstić information content (AvgIpc) is 3.39. The van der Waals surface area contributed by atoms with Crippen LogP contribution in [0.3, 0.4) is 0 Å². The molecule has 1 heterocycles. The first-order chi connectivity index (χ1) is 20.7. The summed E-state index contributed by atoms with van der Waals surface area (Å²) in [5.41, 5.74) is 8.19. The van der Waals surface area contributed by atoms with Crippen LogP contribution < -0.4 is 10.9 Å². The first-order valence-corrected chi connectivity index (χ1v) is 15.6. The fraction of sp³-hybridized carbons (Fsp3) is 0.472. The van der Waals surface area contributed by atoms with Crippen LogP contribution >= 0.6 is 0 Å². The van der Waals surface area contributed by atoms with Crippen LogP contribution in [0, 0.1) is 32.5 Å². The average molecular weight is 604 g/mol. The van der Waals surface area contributed by atoms with Crippen molar-refractivity contribution in [3.8, 4) is 11.1 Å². The second-order valence-electron chi connectivity index (χ2n) is 13.1. The van der Waals surface area contributed by atoms with Crippen LogP contribution in [0.1, 0.15) is 84.1 Å². The van der Waals surface area contributed by atoms with E-state index < -0.39 is 18.1 Å². The molecule has 1 aliphatic carbocycles. The highest BCUT2D eigenvalue weighted by atomic mass is 19.1. The third-order valence-corrected chi connectivity index (χ3v) is 8.66. The maximum Gasteiger partial charge on any atom is 0.305 e. The minimum absolute atomic E-state index is 0.109. The molecule has 3 aromatic rings. The number of carboxylic acid groups (broad SMARTS) is 1. The molecule has 0 radical (unpaired) electrons. The number of hydrogen-bond donors (Lipinski definition) is 2. The molecule has 0 bridgehead atoms. The van der Waals surface area contributed by atoms with E-state index in [-0.39, 0.29) is 29.6 Å². The van der Waals surface area contributed by atoms with Gasteiger partial charge in [0.05, 0.1) is 12.5 Å². The number of amides is 1. The number of aliphatic carboxylic acids is 1. The minimum Gasteiger partial charge on any atom is -0.481 e. The molecule has 8 heteroatoms. The number of carbonyl (C=O) groups is 2. The fourth-order valence-electron chi connectivity index (χ4n) is 6.51. The van der Waals surface area contributed by atoms with Gasteiger partial charge in [-0.05, 0) is 141 Å². The monoisotopic (exact) mass is 603 g/mol. The molecule has 1 aromatic heterocycles. The Kier molecular flexibility index (Phi) is 10.5. The number of carbonyl (C=O) groups excluding carboxylic acids is 1. The van der Waals surface area contributed by atoms with E-state index >= 15 is 0 Å². The van der Waals surface area contributed by atoms with Gasteiger partial charge in [0.15, 0.2) is 0 Å². The number of benzene rings is 2. The van der Waals surface area contributed by atoms with Gasteiger partial charge < -0.3 is 19.9 Å². The summed E-state index contributed by atoms with van der Waals surface area (Å²) >= 11 is 0. The number of likely N-dealkylation sites (N-methyl/N-ethyl adjacent to an activating group) is 1. The van der Waals surface area contributed by atoms with Crippen LogP contribution in [0.2, 0.25) is 0 Å². The van der Waals surface area contributed by atoms with E-state index in [1.165, 1.54) is 22.3 Å². The van der Waals surface area contributed by atoms with E-state index in [1.807, 2.05) is 60.8 Å². The lowest BCUT2D eigenvalue weighted by Crippen LogP contribution is -2.40. The van der Waals surface area contributed by atoms with E-state index in [4.69, 9.17) is 0 Å². The summed E-state index contributed by atoms with van der Waals surface area (Å²) < 4.78 is 15.7. The molecule has 0 aliphatic heterocycles. The largest absolute Gasteiger partial charge is 0.481 e. The summed E-state index contributed by atoms with van der Waals surface area (Å²) in [6.07, 6.45) is 5.37. The van der Waals surface area contributed by atoms with Gasteiger partial charge in [0.25, 0.3) is 5.56 Å². The highest BCUT2D eigenvalue weighted by molar-refractivity contribution is 5.82. The lowest BCUT2D eigenvalue weighted by atomic mass is 9.87. The molecular weight excluding hydrogens is 557 g/mol. The van der Waals surface area contributed by atoms with Crippen LogP contribution in [0.25, 0.3) is 11.1 Å². The molecule has 2 atom stereocenters. The second kappa shape index (κ2) is 13.9. The van der Waals surface area contributed by atoms with Crippen molar-refractivity contribution < 1.29 is 19.1 Å². The van der Waals surface area contributed by atoms with Crippen molar-refractivity contribution >= 4 is 11.9 Å². The SMILES string of the molecule is Cc1cc(=O)n(C(CC(C)C)C(=O)NC(CC(=O)O)c2cc3c(c(-c4c(C)cc(F)cc4C)c2)CCC3)cc1CCN(C)C. The van der Waals surface area contributed by atoms with Gasteiger partial charge in [-0.15, -0.1) is 0 Å². The Hall–Kier alpha value is -3.78. The van der Waals surface area contributed by atoms with Gasteiger partial charge in [-0.3, -0.25) is 14.4 Å². The zero-order valence-corrected chi connectivity index (χ0v) is 27.1. The first-order valence-electron chi connectivity index (χ1n) is 15.6. The summed E-state index contributed by atoms with van der Waals surface area (Å²) in [7, 11) is 3.98. The van der Waals surface area contributed by atoms with Crippen molar-refractivity contribution in [3.05, 3.63) is 91.6 Å². The van der Waals surface area contributed by atoms with Crippen LogP contribution in [-0.2, 0) is 28.9 Å². The predicted molar refractivity (Wildman–Crippen MR) is 173 cm³/mol. The number of fused-ring (bicyclic) bond motifs is 1. The minimum atomic E-state index is -1.04. The molecule has 4 rings (SSSR count). The second-order valence-corrected chi connectivity index (χ2v) is 13.1. The van der Waals surface area contributed by atoms with Gasteiger partial charge in [-0.1, -0.05) is 19.9 Å². The van der Waals surface area contributed by atoms with Gasteiger partial charge in [-0.25, -0.2) is 4.39 Å². The van der Waals surface area contributed by atoms with E-state index in [0.29, 0.717) is 12.0 Å². The maximum atomic E-state index is 14.2. The van der Waals surface area contributed by atoms with Gasteiger partial charge in [0, 0.05) is 18.8 Å². The number of rotatable bonds is 12. The Balaban J connectivity index is 1.77. The van der Waals surface area contributed by atoms with Crippen molar-refractivity contribution in [3.63, 3.8) is 0 Å². The quantitative estimate of drug-likeness (QED) is 0.261. The molecule has 44 heavy (non-hydrogen) atoms. The molecule has 1 aliphatic rings. The van der Waals surface area contributed by atoms with Crippen LogP contribution in [0.15, 0.2) is 41.3 Å². The number of carboxylic acids is 1. The lowest BCUT2D eigenvalue weighted by molar-refractivity contribution is -0.138. The maximum absolute atomic E-state index is 14.2. The van der Waals surface area contributed by atoms with E-state index in [9.17, 15) is 23.9 Å². The van der Waals surface area contributed by atoms with Gasteiger partial charge in [0.2, 0.25) is 5.91 Å². The van der Waals surface area contributed by atoms with Crippen molar-refractivity contribution in [2.24, 2.45) is 5.92 Å². The lowest BCUT2D eigenvalue weighted by Gasteiger charge is -2.27. The third-order valence-electron chi connectivity index (χ3n) is 8.66. The number of pyridine rings is 1. The van der Waals surface area contributed by atoms with Gasteiger partial charge in [-0.2, -0.15) is 0 Å². The summed E-state index contributed by atoms with van der Waals surface area (Å²) in [5, 5.41) is 13.0. The normalized spacial score (nSPS) is 14.1. The molecule has 1 amide bonds. The zero-order valence-electron chi connectivity index (χ0n) is 27.1. The van der Waals surface area contributed by atoms with Crippen molar-refractivity contribution in [1.29, 1.82) is 0 Å². The molecule has 2 N–H and O–H groups in total. The van der Waals surface area contributed by atoms with Gasteiger partial charge in [0.1, 0.15) is 11.9 Å². The molecule has 0 saturated heterocycles. The van der Waals surface area contributed by atoms with Crippen molar-refractivity contribution in [2.75, 3.05) is 20.6 Å². The summed E-state index contributed by atoms with van der Waals surface area (Å²) in [4.78, 5) is 41.5. The highest BCUT2D eigenvalue weighted by Gasteiger charge is 2.29. The van der Waals surface area contributed by atoms with E-state index in [2.05, 4.69) is 10.2 Å². The molecule has 236 valence electrons. The Morgan fingerprint density at radius 2 is 1.70 bits per heavy atom. The Bertz CT molecular complexity index is 1580. The Labute approximate surface area is 260 Å². The number of aromatic nitrogens is 1. The summed E-state index contributed by atoms with van der Waals surface area (Å²) in [5.74, 6) is -1.60. The van der Waals surface area contributed by atoms with Crippen molar-refractivity contribution in [2.45, 2.75) is 85.2 Å². The fourth-order valence-corrected chi connectivity index (χ4v) is 6.51. The number of aryl methyl sites for hydroxylation is 4. The number of halogens is 1. The number of nitrogens with one attached hydrogen (secondary N) is 1. The Morgan fingerprint density at radius 3 is 2.32 bits per heavy atom. The smallest absolute Gasteiger partial charge is 0.305 e. The van der Waals surface area contributed by atoms with Crippen LogP contribution in [0.4, 0.5) is 4.39 Å². The first kappa shape index (κ1) is 33.1. The number of hydrogen-bond acceptors (Lipinski definition) is 4. The summed E-state index contributed by atoms with van der Waals surface area (Å²) in [6.45, 7) is 10.5. The molecule has 7 nitrogen and oxygen atoms in total. The summed E-state index contributed by atoms with van der Waals surface area (Å²) in [6, 6.07) is 7.01. The third kappa shape index (κ3) is 7.65. The zero-order chi connectivity index (χ0) is 32.3. The molecular formula is C36H46FN3O4. The van der Waals surface area contributed by atoms with Crippen LogP contribution in [-0.4, -0.2) is 47.1 Å². The molecule has 0 fully saturated rings. The predicted octanol–water partition coefficient (Wildman–Crippen LogP) is 6.09.